The predicted octanol–water partition coefficient (Wildman–Crippen LogP) is 2.83. The van der Waals surface area contributed by atoms with Crippen LogP contribution < -0.4 is 0 Å². The van der Waals surface area contributed by atoms with Gasteiger partial charge in [0.1, 0.15) is 5.76 Å². The lowest BCUT2D eigenvalue weighted by atomic mass is 10.1. The average Bonchev–Trinajstić information content (AvgIpc) is 2.70. The monoisotopic (exact) mass is 226 g/mol. The number of oxazole rings is 1. The molecule has 0 aliphatic carbocycles. The summed E-state index contributed by atoms with van der Waals surface area (Å²) in [6, 6.07) is 12.3. The Bertz CT molecular complexity index is 523. The topological polar surface area (TPSA) is 49.8 Å². The molecule has 0 N–H and O–H groups in total. The fraction of sp³-hybridized carbons (Fsp3) is 0.286. The van der Waals surface area contributed by atoms with E-state index >= 15 is 0 Å². The second-order valence-corrected chi connectivity index (χ2v) is 3.93. The quantitative estimate of drug-likeness (QED) is 0.805. The summed E-state index contributed by atoms with van der Waals surface area (Å²) in [6.45, 7) is 1.85. The van der Waals surface area contributed by atoms with Crippen molar-refractivity contribution in [3.8, 4) is 6.07 Å². The number of aryl methyl sites for hydroxylation is 3. The van der Waals surface area contributed by atoms with Crippen molar-refractivity contribution in [2.45, 2.75) is 26.2 Å². The largest absolute Gasteiger partial charge is 0.446 e. The van der Waals surface area contributed by atoms with Crippen molar-refractivity contribution in [1.29, 1.82) is 5.26 Å². The van der Waals surface area contributed by atoms with E-state index in [2.05, 4.69) is 23.2 Å². The molecule has 0 spiro atoms. The van der Waals surface area contributed by atoms with Crippen LogP contribution in [-0.2, 0) is 19.3 Å². The van der Waals surface area contributed by atoms with Crippen LogP contribution in [0.1, 0.15) is 22.9 Å². The molecular weight excluding hydrogens is 212 g/mol. The molecule has 2 aromatic rings. The molecule has 0 amide bonds. The third kappa shape index (κ3) is 2.94. The van der Waals surface area contributed by atoms with Gasteiger partial charge in [-0.3, -0.25) is 0 Å². The molecule has 0 unspecified atom stereocenters. The highest BCUT2D eigenvalue weighted by Gasteiger charge is 2.08. The average molecular weight is 226 g/mol. The van der Waals surface area contributed by atoms with Crippen molar-refractivity contribution in [1.82, 2.24) is 4.98 Å². The van der Waals surface area contributed by atoms with Crippen molar-refractivity contribution in [3.05, 3.63) is 53.2 Å². The summed E-state index contributed by atoms with van der Waals surface area (Å²) in [6.07, 6.45) is 2.00. The van der Waals surface area contributed by atoms with Crippen LogP contribution in [0.5, 0.6) is 0 Å². The lowest BCUT2D eigenvalue weighted by Gasteiger charge is -1.97. The van der Waals surface area contributed by atoms with Crippen molar-refractivity contribution >= 4 is 0 Å². The maximum absolute atomic E-state index is 8.63. The Morgan fingerprint density at radius 2 is 2.00 bits per heavy atom. The molecular formula is C14H14N2O. The molecule has 1 aromatic carbocycles. The Hall–Kier alpha value is -2.08. The van der Waals surface area contributed by atoms with Gasteiger partial charge in [-0.05, 0) is 18.9 Å². The van der Waals surface area contributed by atoms with Crippen LogP contribution in [0, 0.1) is 18.3 Å². The third-order valence-corrected chi connectivity index (χ3v) is 2.65. The first-order chi connectivity index (χ1) is 8.29. The molecule has 1 heterocycles. The van der Waals surface area contributed by atoms with E-state index in [1.54, 1.807) is 0 Å². The standard InChI is InChI=1S/C14H14N2O/c1-11-13(9-10-15)16-14(17-11)8-7-12-5-3-2-4-6-12/h2-6H,7-9H2,1H3. The predicted molar refractivity (Wildman–Crippen MR) is 64.4 cm³/mol. The van der Waals surface area contributed by atoms with Gasteiger partial charge in [-0.15, -0.1) is 0 Å². The van der Waals surface area contributed by atoms with Crippen LogP contribution in [0.2, 0.25) is 0 Å². The fourth-order valence-corrected chi connectivity index (χ4v) is 1.73. The number of nitriles is 1. The lowest BCUT2D eigenvalue weighted by Crippen LogP contribution is -1.92. The second kappa shape index (κ2) is 5.31. The number of hydrogen-bond acceptors (Lipinski definition) is 3. The molecule has 86 valence electrons. The van der Waals surface area contributed by atoms with Crippen LogP contribution >= 0.6 is 0 Å². The van der Waals surface area contributed by atoms with Gasteiger partial charge in [0.05, 0.1) is 18.2 Å². The summed E-state index contributed by atoms with van der Waals surface area (Å²) in [5, 5.41) is 8.63. The maximum Gasteiger partial charge on any atom is 0.194 e. The van der Waals surface area contributed by atoms with Gasteiger partial charge >= 0.3 is 0 Å². The van der Waals surface area contributed by atoms with Crippen molar-refractivity contribution in [2.24, 2.45) is 0 Å². The first kappa shape index (κ1) is 11.4. The molecule has 17 heavy (non-hydrogen) atoms. The zero-order valence-electron chi connectivity index (χ0n) is 9.81. The number of hydrogen-bond donors (Lipinski definition) is 0. The Balaban J connectivity index is 2.00. The van der Waals surface area contributed by atoms with Crippen LogP contribution in [0.3, 0.4) is 0 Å². The molecule has 3 nitrogen and oxygen atoms in total. The summed E-state index contributed by atoms with van der Waals surface area (Å²) in [7, 11) is 0. The summed E-state index contributed by atoms with van der Waals surface area (Å²) >= 11 is 0. The normalized spacial score (nSPS) is 10.1. The number of rotatable bonds is 4. The first-order valence-corrected chi connectivity index (χ1v) is 5.65. The van der Waals surface area contributed by atoms with Gasteiger partial charge in [0, 0.05) is 6.42 Å². The number of nitrogens with zero attached hydrogens (tertiary/aromatic N) is 2. The molecule has 0 aliphatic rings. The number of benzene rings is 1. The van der Waals surface area contributed by atoms with Gasteiger partial charge in [0.25, 0.3) is 0 Å². The molecule has 0 saturated carbocycles. The first-order valence-electron chi connectivity index (χ1n) is 5.65. The van der Waals surface area contributed by atoms with Crippen LogP contribution in [0.15, 0.2) is 34.7 Å². The number of aromatic nitrogens is 1. The Labute approximate surface area is 101 Å². The van der Waals surface area contributed by atoms with Gasteiger partial charge in [-0.25, -0.2) is 4.98 Å². The Morgan fingerprint density at radius 3 is 2.71 bits per heavy atom. The Morgan fingerprint density at radius 1 is 1.24 bits per heavy atom. The SMILES string of the molecule is Cc1oc(CCc2ccccc2)nc1CC#N. The van der Waals surface area contributed by atoms with Gasteiger partial charge in [0.2, 0.25) is 0 Å². The molecule has 0 aliphatic heterocycles. The van der Waals surface area contributed by atoms with E-state index in [-0.39, 0.29) is 0 Å². The van der Waals surface area contributed by atoms with E-state index in [9.17, 15) is 0 Å². The van der Waals surface area contributed by atoms with Gasteiger partial charge in [-0.1, -0.05) is 30.3 Å². The molecule has 0 fully saturated rings. The van der Waals surface area contributed by atoms with E-state index in [0.29, 0.717) is 6.42 Å². The lowest BCUT2D eigenvalue weighted by molar-refractivity contribution is 0.469. The van der Waals surface area contributed by atoms with E-state index in [1.165, 1.54) is 5.56 Å². The van der Waals surface area contributed by atoms with E-state index in [0.717, 1.165) is 30.2 Å². The minimum Gasteiger partial charge on any atom is -0.446 e. The molecule has 0 atom stereocenters. The van der Waals surface area contributed by atoms with E-state index < -0.39 is 0 Å². The molecule has 0 radical (unpaired) electrons. The van der Waals surface area contributed by atoms with Crippen LogP contribution in [-0.4, -0.2) is 4.98 Å². The molecule has 0 bridgehead atoms. The van der Waals surface area contributed by atoms with Crippen LogP contribution in [0.25, 0.3) is 0 Å². The minimum absolute atomic E-state index is 0.320. The van der Waals surface area contributed by atoms with Crippen molar-refractivity contribution in [2.75, 3.05) is 0 Å². The minimum atomic E-state index is 0.320. The van der Waals surface area contributed by atoms with E-state index in [1.807, 2.05) is 25.1 Å². The summed E-state index contributed by atoms with van der Waals surface area (Å²) in [5.41, 5.74) is 2.03. The third-order valence-electron chi connectivity index (χ3n) is 2.65. The Kier molecular flexibility index (Phi) is 3.56. The zero-order valence-corrected chi connectivity index (χ0v) is 9.81. The fourth-order valence-electron chi connectivity index (χ4n) is 1.73. The highest BCUT2D eigenvalue weighted by molar-refractivity contribution is 5.17. The van der Waals surface area contributed by atoms with Crippen molar-refractivity contribution in [3.63, 3.8) is 0 Å². The smallest absolute Gasteiger partial charge is 0.194 e. The summed E-state index contributed by atoms with van der Waals surface area (Å²) in [5.74, 6) is 1.48. The van der Waals surface area contributed by atoms with Crippen LogP contribution in [0.4, 0.5) is 0 Å². The zero-order chi connectivity index (χ0) is 12.1. The maximum atomic E-state index is 8.63. The molecule has 1 aromatic heterocycles. The van der Waals surface area contributed by atoms with Gasteiger partial charge < -0.3 is 4.42 Å². The second-order valence-electron chi connectivity index (χ2n) is 3.93. The highest BCUT2D eigenvalue weighted by atomic mass is 16.4. The summed E-state index contributed by atoms with van der Waals surface area (Å²) in [4.78, 5) is 4.33. The molecule has 3 heteroatoms. The highest BCUT2D eigenvalue weighted by Crippen LogP contribution is 2.12. The summed E-state index contributed by atoms with van der Waals surface area (Å²) < 4.78 is 5.53. The van der Waals surface area contributed by atoms with E-state index in [4.69, 9.17) is 9.68 Å². The molecule has 2 rings (SSSR count). The molecule has 0 saturated heterocycles. The van der Waals surface area contributed by atoms with Gasteiger partial charge in [-0.2, -0.15) is 5.26 Å². The van der Waals surface area contributed by atoms with Crippen molar-refractivity contribution < 1.29 is 4.42 Å². The van der Waals surface area contributed by atoms with Gasteiger partial charge in [0.15, 0.2) is 5.89 Å².